The largest absolute Gasteiger partial charge is 0.484 e. The van der Waals surface area contributed by atoms with E-state index < -0.39 is 9.84 Å². The standard InChI is InChI=1S/C17H18FNO4S/c1-12-9-13(3-8-16(12)18)10-19-17(20)11-23-14-4-6-15(7-5-14)24(2,21)22/h3-9H,10-11H2,1-2H3,(H,19,20). The zero-order valence-corrected chi connectivity index (χ0v) is 14.2. The summed E-state index contributed by atoms with van der Waals surface area (Å²) in [6.45, 7) is 1.73. The first-order valence-electron chi connectivity index (χ1n) is 7.20. The third-order valence-electron chi connectivity index (χ3n) is 3.33. The molecule has 0 heterocycles. The summed E-state index contributed by atoms with van der Waals surface area (Å²) in [6.07, 6.45) is 1.12. The van der Waals surface area contributed by atoms with Gasteiger partial charge in [0.2, 0.25) is 0 Å². The van der Waals surface area contributed by atoms with Crippen LogP contribution in [0.4, 0.5) is 4.39 Å². The number of carbonyl (C=O) groups excluding carboxylic acids is 1. The number of hydrogen-bond donors (Lipinski definition) is 1. The number of ether oxygens (including phenoxy) is 1. The topological polar surface area (TPSA) is 72.5 Å². The lowest BCUT2D eigenvalue weighted by molar-refractivity contribution is -0.123. The molecule has 0 spiro atoms. The molecule has 2 rings (SSSR count). The van der Waals surface area contributed by atoms with Gasteiger partial charge in [0.15, 0.2) is 16.4 Å². The highest BCUT2D eigenvalue weighted by molar-refractivity contribution is 7.90. The van der Waals surface area contributed by atoms with Gasteiger partial charge in [0.1, 0.15) is 11.6 Å². The summed E-state index contributed by atoms with van der Waals surface area (Å²) in [6, 6.07) is 10.5. The fraction of sp³-hybridized carbons (Fsp3) is 0.235. The summed E-state index contributed by atoms with van der Waals surface area (Å²) in [5.74, 6) is -0.217. The molecule has 0 bridgehead atoms. The second-order valence-corrected chi connectivity index (χ2v) is 7.41. The number of benzene rings is 2. The average molecular weight is 351 g/mol. The summed E-state index contributed by atoms with van der Waals surface area (Å²) in [5.41, 5.74) is 1.31. The first-order valence-corrected chi connectivity index (χ1v) is 9.09. The van der Waals surface area contributed by atoms with Gasteiger partial charge in [-0.15, -0.1) is 0 Å². The first-order chi connectivity index (χ1) is 11.3. The molecule has 7 heteroatoms. The Morgan fingerprint density at radius 3 is 2.42 bits per heavy atom. The van der Waals surface area contributed by atoms with Crippen molar-refractivity contribution < 1.29 is 22.3 Å². The first kappa shape index (κ1) is 17.9. The molecule has 1 N–H and O–H groups in total. The maximum absolute atomic E-state index is 13.2. The van der Waals surface area contributed by atoms with E-state index in [9.17, 15) is 17.6 Å². The minimum Gasteiger partial charge on any atom is -0.484 e. The van der Waals surface area contributed by atoms with Gasteiger partial charge in [0.25, 0.3) is 5.91 Å². The molecule has 0 radical (unpaired) electrons. The van der Waals surface area contributed by atoms with Gasteiger partial charge in [0.05, 0.1) is 4.90 Å². The normalized spacial score (nSPS) is 11.1. The van der Waals surface area contributed by atoms with Crippen LogP contribution in [-0.2, 0) is 21.2 Å². The molecule has 0 aliphatic heterocycles. The second-order valence-electron chi connectivity index (χ2n) is 5.39. The van der Waals surface area contributed by atoms with Crippen LogP contribution in [0.3, 0.4) is 0 Å². The van der Waals surface area contributed by atoms with E-state index in [1.165, 1.54) is 30.3 Å². The molecule has 0 aromatic heterocycles. The Hall–Kier alpha value is -2.41. The third kappa shape index (κ3) is 5.06. The highest BCUT2D eigenvalue weighted by atomic mass is 32.2. The Bertz CT molecular complexity index is 832. The molecule has 0 atom stereocenters. The maximum Gasteiger partial charge on any atom is 0.258 e. The smallest absolute Gasteiger partial charge is 0.258 e. The van der Waals surface area contributed by atoms with E-state index in [0.717, 1.165) is 11.8 Å². The Balaban J connectivity index is 1.83. The van der Waals surface area contributed by atoms with Crippen molar-refractivity contribution >= 4 is 15.7 Å². The lowest BCUT2D eigenvalue weighted by atomic mass is 10.1. The fourth-order valence-corrected chi connectivity index (χ4v) is 2.63. The van der Waals surface area contributed by atoms with E-state index in [2.05, 4.69) is 5.32 Å². The molecule has 0 aliphatic rings. The van der Waals surface area contributed by atoms with Crippen LogP contribution in [0.1, 0.15) is 11.1 Å². The average Bonchev–Trinajstić information content (AvgIpc) is 2.53. The van der Waals surface area contributed by atoms with Crippen molar-refractivity contribution in [2.75, 3.05) is 12.9 Å². The molecular weight excluding hydrogens is 333 g/mol. The third-order valence-corrected chi connectivity index (χ3v) is 4.46. The van der Waals surface area contributed by atoms with Crippen molar-refractivity contribution in [3.63, 3.8) is 0 Å². The summed E-state index contributed by atoms with van der Waals surface area (Å²) in [5, 5.41) is 2.67. The van der Waals surface area contributed by atoms with Crippen LogP contribution in [0.25, 0.3) is 0 Å². The minimum absolute atomic E-state index is 0.186. The summed E-state index contributed by atoms with van der Waals surface area (Å²) in [7, 11) is -3.26. The van der Waals surface area contributed by atoms with Gasteiger partial charge in [-0.1, -0.05) is 12.1 Å². The van der Waals surface area contributed by atoms with E-state index in [1.54, 1.807) is 19.1 Å². The van der Waals surface area contributed by atoms with Crippen molar-refractivity contribution in [1.29, 1.82) is 0 Å². The zero-order chi connectivity index (χ0) is 17.7. The molecule has 2 aromatic rings. The van der Waals surface area contributed by atoms with Crippen LogP contribution in [0, 0.1) is 12.7 Å². The number of halogens is 1. The Labute approximate surface area is 140 Å². The van der Waals surface area contributed by atoms with Crippen LogP contribution in [0.2, 0.25) is 0 Å². The Morgan fingerprint density at radius 1 is 1.17 bits per heavy atom. The molecule has 1 amide bonds. The van der Waals surface area contributed by atoms with Gasteiger partial charge in [-0.2, -0.15) is 0 Å². The van der Waals surface area contributed by atoms with Crippen LogP contribution >= 0.6 is 0 Å². The molecule has 0 saturated carbocycles. The Morgan fingerprint density at radius 2 is 1.83 bits per heavy atom. The molecule has 5 nitrogen and oxygen atoms in total. The second kappa shape index (κ2) is 7.44. The van der Waals surface area contributed by atoms with Gasteiger partial charge in [-0.25, -0.2) is 12.8 Å². The predicted molar refractivity (Wildman–Crippen MR) is 88.0 cm³/mol. The highest BCUT2D eigenvalue weighted by Gasteiger charge is 2.08. The van der Waals surface area contributed by atoms with Crippen molar-refractivity contribution in [3.05, 3.63) is 59.4 Å². The number of aryl methyl sites for hydroxylation is 1. The zero-order valence-electron chi connectivity index (χ0n) is 13.4. The number of carbonyl (C=O) groups is 1. The SMILES string of the molecule is Cc1cc(CNC(=O)COc2ccc(S(C)(=O)=O)cc2)ccc1F. The maximum atomic E-state index is 13.2. The monoisotopic (exact) mass is 351 g/mol. The summed E-state index contributed by atoms with van der Waals surface area (Å²) in [4.78, 5) is 11.9. The van der Waals surface area contributed by atoms with Crippen LogP contribution < -0.4 is 10.1 Å². The van der Waals surface area contributed by atoms with Gasteiger partial charge in [-0.3, -0.25) is 4.79 Å². The lowest BCUT2D eigenvalue weighted by Gasteiger charge is -2.09. The molecule has 0 unspecified atom stereocenters. The van der Waals surface area contributed by atoms with Crippen LogP contribution in [0.15, 0.2) is 47.4 Å². The molecule has 128 valence electrons. The van der Waals surface area contributed by atoms with Crippen molar-refractivity contribution in [2.24, 2.45) is 0 Å². The lowest BCUT2D eigenvalue weighted by Crippen LogP contribution is -2.28. The molecule has 2 aromatic carbocycles. The van der Waals surface area contributed by atoms with Crippen molar-refractivity contribution in [2.45, 2.75) is 18.4 Å². The molecule has 0 fully saturated rings. The summed E-state index contributed by atoms with van der Waals surface area (Å²) < 4.78 is 41.2. The van der Waals surface area contributed by atoms with E-state index in [0.29, 0.717) is 11.3 Å². The van der Waals surface area contributed by atoms with E-state index in [-0.39, 0.29) is 29.8 Å². The van der Waals surface area contributed by atoms with Gasteiger partial charge in [-0.05, 0) is 48.4 Å². The van der Waals surface area contributed by atoms with Crippen LogP contribution in [0.5, 0.6) is 5.75 Å². The predicted octanol–water partition coefficient (Wildman–Crippen LogP) is 2.23. The minimum atomic E-state index is -3.26. The number of amides is 1. The van der Waals surface area contributed by atoms with Gasteiger partial charge in [0, 0.05) is 12.8 Å². The number of nitrogens with one attached hydrogen (secondary N) is 1. The highest BCUT2D eigenvalue weighted by Crippen LogP contribution is 2.15. The Kier molecular flexibility index (Phi) is 5.56. The van der Waals surface area contributed by atoms with Gasteiger partial charge < -0.3 is 10.1 Å². The van der Waals surface area contributed by atoms with E-state index in [1.807, 2.05) is 0 Å². The molecule has 24 heavy (non-hydrogen) atoms. The molecular formula is C17H18FNO4S. The van der Waals surface area contributed by atoms with Crippen molar-refractivity contribution in [3.8, 4) is 5.75 Å². The van der Waals surface area contributed by atoms with Gasteiger partial charge >= 0.3 is 0 Å². The molecule has 0 saturated heterocycles. The van der Waals surface area contributed by atoms with Crippen LogP contribution in [-0.4, -0.2) is 27.2 Å². The number of sulfone groups is 1. The van der Waals surface area contributed by atoms with Crippen molar-refractivity contribution in [1.82, 2.24) is 5.32 Å². The quantitative estimate of drug-likeness (QED) is 0.866. The fourth-order valence-electron chi connectivity index (χ4n) is 2.00. The van der Waals surface area contributed by atoms with E-state index in [4.69, 9.17) is 4.74 Å². The number of hydrogen-bond acceptors (Lipinski definition) is 4. The summed E-state index contributed by atoms with van der Waals surface area (Å²) >= 11 is 0. The molecule has 0 aliphatic carbocycles. The van der Waals surface area contributed by atoms with E-state index >= 15 is 0 Å². The number of rotatable bonds is 6.